The normalized spacial score (nSPS) is 12.8. The number of fused-ring (bicyclic) bond motifs is 1. The maximum Gasteiger partial charge on any atom is 0.126 e. The number of halogens is 1. The summed E-state index contributed by atoms with van der Waals surface area (Å²) >= 11 is 6.04. The Morgan fingerprint density at radius 3 is 2.90 bits per heavy atom. The maximum absolute atomic E-state index is 6.04. The fraction of sp³-hybridized carbons (Fsp3) is 0.267. The van der Waals surface area contributed by atoms with Crippen molar-refractivity contribution in [1.29, 1.82) is 0 Å². The van der Waals surface area contributed by atoms with Crippen molar-refractivity contribution in [3.63, 3.8) is 0 Å². The molecule has 5 heteroatoms. The summed E-state index contributed by atoms with van der Waals surface area (Å²) in [6.07, 6.45) is 1.67. The molecule has 0 amide bonds. The van der Waals surface area contributed by atoms with Gasteiger partial charge in [-0.25, -0.2) is 4.98 Å². The summed E-state index contributed by atoms with van der Waals surface area (Å²) in [4.78, 5) is 4.57. The second-order valence-electron chi connectivity index (χ2n) is 4.58. The van der Waals surface area contributed by atoms with Crippen molar-refractivity contribution in [1.82, 2.24) is 9.55 Å². The SMILES string of the molecule is COc1ccc2nc(CCl)n(C(C)c3ccco3)c2c1. The predicted molar refractivity (Wildman–Crippen MR) is 78.4 cm³/mol. The Balaban J connectivity index is 2.20. The van der Waals surface area contributed by atoms with Crippen LogP contribution in [0.15, 0.2) is 41.0 Å². The number of aromatic nitrogens is 2. The molecule has 0 bridgehead atoms. The molecule has 20 heavy (non-hydrogen) atoms. The largest absolute Gasteiger partial charge is 0.497 e. The van der Waals surface area contributed by atoms with Gasteiger partial charge in [0.1, 0.15) is 17.3 Å². The predicted octanol–water partition coefficient (Wildman–Crippen LogP) is 3.99. The number of hydrogen-bond acceptors (Lipinski definition) is 3. The summed E-state index contributed by atoms with van der Waals surface area (Å²) in [6.45, 7) is 2.06. The van der Waals surface area contributed by atoms with Gasteiger partial charge in [-0.2, -0.15) is 0 Å². The van der Waals surface area contributed by atoms with Crippen molar-refractivity contribution in [3.05, 3.63) is 48.2 Å². The Hall–Kier alpha value is -1.94. The molecule has 0 saturated heterocycles. The summed E-state index contributed by atoms with van der Waals surface area (Å²) in [6, 6.07) is 9.67. The lowest BCUT2D eigenvalue weighted by atomic mass is 10.2. The van der Waals surface area contributed by atoms with Crippen LogP contribution in [-0.2, 0) is 5.88 Å². The minimum atomic E-state index is 0.0239. The molecule has 2 aromatic heterocycles. The Labute approximate surface area is 121 Å². The lowest BCUT2D eigenvalue weighted by Gasteiger charge is -2.15. The molecule has 0 fully saturated rings. The first-order chi connectivity index (χ1) is 9.74. The minimum absolute atomic E-state index is 0.0239. The minimum Gasteiger partial charge on any atom is -0.497 e. The third-order valence-corrected chi connectivity index (χ3v) is 3.67. The number of hydrogen-bond donors (Lipinski definition) is 0. The van der Waals surface area contributed by atoms with Gasteiger partial charge in [-0.15, -0.1) is 11.6 Å². The van der Waals surface area contributed by atoms with Gasteiger partial charge in [0.05, 0.1) is 36.3 Å². The molecular weight excluding hydrogens is 276 g/mol. The van der Waals surface area contributed by atoms with Gasteiger partial charge >= 0.3 is 0 Å². The highest BCUT2D eigenvalue weighted by Gasteiger charge is 2.18. The van der Waals surface area contributed by atoms with Crippen molar-refractivity contribution in [2.24, 2.45) is 0 Å². The lowest BCUT2D eigenvalue weighted by molar-refractivity contribution is 0.414. The fourth-order valence-corrected chi connectivity index (χ4v) is 2.62. The number of rotatable bonds is 4. The molecule has 1 unspecified atom stereocenters. The zero-order valence-electron chi connectivity index (χ0n) is 11.3. The number of benzene rings is 1. The Bertz CT molecular complexity index is 719. The molecule has 3 aromatic rings. The lowest BCUT2D eigenvalue weighted by Crippen LogP contribution is -2.09. The highest BCUT2D eigenvalue weighted by Crippen LogP contribution is 2.29. The Kier molecular flexibility index (Phi) is 3.40. The van der Waals surface area contributed by atoms with Crippen molar-refractivity contribution in [2.75, 3.05) is 7.11 Å². The summed E-state index contributed by atoms with van der Waals surface area (Å²) in [5, 5.41) is 0. The van der Waals surface area contributed by atoms with Gasteiger partial charge in [0.15, 0.2) is 0 Å². The van der Waals surface area contributed by atoms with Crippen LogP contribution in [0.1, 0.15) is 24.6 Å². The van der Waals surface area contributed by atoms with Gasteiger partial charge in [-0.05, 0) is 31.2 Å². The van der Waals surface area contributed by atoms with E-state index in [0.29, 0.717) is 5.88 Å². The first-order valence-corrected chi connectivity index (χ1v) is 6.92. The van der Waals surface area contributed by atoms with Crippen molar-refractivity contribution in [2.45, 2.75) is 18.8 Å². The van der Waals surface area contributed by atoms with E-state index in [1.165, 1.54) is 0 Å². The summed E-state index contributed by atoms with van der Waals surface area (Å²) < 4.78 is 12.9. The Morgan fingerprint density at radius 2 is 2.25 bits per heavy atom. The van der Waals surface area contributed by atoms with E-state index < -0.39 is 0 Å². The highest BCUT2D eigenvalue weighted by molar-refractivity contribution is 6.16. The number of imidazole rings is 1. The number of ether oxygens (including phenoxy) is 1. The van der Waals surface area contributed by atoms with Crippen LogP contribution in [0.4, 0.5) is 0 Å². The van der Waals surface area contributed by atoms with E-state index in [1.807, 2.05) is 30.3 Å². The zero-order valence-corrected chi connectivity index (χ0v) is 12.1. The molecule has 0 radical (unpaired) electrons. The maximum atomic E-state index is 6.04. The smallest absolute Gasteiger partial charge is 0.126 e. The number of alkyl halides is 1. The molecular formula is C15H15ClN2O2. The van der Waals surface area contributed by atoms with E-state index in [4.69, 9.17) is 20.8 Å². The van der Waals surface area contributed by atoms with Gasteiger partial charge in [0, 0.05) is 6.07 Å². The van der Waals surface area contributed by atoms with Gasteiger partial charge in [0.2, 0.25) is 0 Å². The summed E-state index contributed by atoms with van der Waals surface area (Å²) in [7, 11) is 1.65. The monoisotopic (exact) mass is 290 g/mol. The number of furan rings is 1. The molecule has 1 atom stereocenters. The summed E-state index contributed by atoms with van der Waals surface area (Å²) in [5.74, 6) is 2.84. The standard InChI is InChI=1S/C15H15ClN2O2/c1-10(14-4-3-7-20-14)18-13-8-11(19-2)5-6-12(13)17-15(18)9-16/h3-8,10H,9H2,1-2H3. The number of methoxy groups -OCH3 is 1. The van der Waals surface area contributed by atoms with Crippen molar-refractivity contribution >= 4 is 22.6 Å². The van der Waals surface area contributed by atoms with Crippen LogP contribution in [0.25, 0.3) is 11.0 Å². The first-order valence-electron chi connectivity index (χ1n) is 6.39. The average molecular weight is 291 g/mol. The van der Waals surface area contributed by atoms with Crippen LogP contribution in [0.5, 0.6) is 5.75 Å². The average Bonchev–Trinajstić information content (AvgIpc) is 3.12. The molecule has 104 valence electrons. The van der Waals surface area contributed by atoms with E-state index >= 15 is 0 Å². The van der Waals surface area contributed by atoms with Gasteiger partial charge < -0.3 is 13.7 Å². The van der Waals surface area contributed by atoms with Gasteiger partial charge in [-0.3, -0.25) is 0 Å². The van der Waals surface area contributed by atoms with Crippen LogP contribution in [-0.4, -0.2) is 16.7 Å². The molecule has 3 rings (SSSR count). The topological polar surface area (TPSA) is 40.2 Å². The van der Waals surface area contributed by atoms with Crippen molar-refractivity contribution < 1.29 is 9.15 Å². The first kappa shape index (κ1) is 13.1. The fourth-order valence-electron chi connectivity index (χ4n) is 2.43. The molecule has 0 aliphatic heterocycles. The molecule has 1 aromatic carbocycles. The molecule has 0 saturated carbocycles. The zero-order chi connectivity index (χ0) is 14.1. The Morgan fingerprint density at radius 1 is 1.40 bits per heavy atom. The van der Waals surface area contributed by atoms with Crippen LogP contribution < -0.4 is 4.74 Å². The highest BCUT2D eigenvalue weighted by atomic mass is 35.5. The van der Waals surface area contributed by atoms with E-state index in [2.05, 4.69) is 16.5 Å². The third-order valence-electron chi connectivity index (χ3n) is 3.43. The quantitative estimate of drug-likeness (QED) is 0.682. The van der Waals surface area contributed by atoms with Crippen LogP contribution in [0.3, 0.4) is 0 Å². The van der Waals surface area contributed by atoms with E-state index in [-0.39, 0.29) is 6.04 Å². The van der Waals surface area contributed by atoms with Gasteiger partial charge in [-0.1, -0.05) is 0 Å². The van der Waals surface area contributed by atoms with Crippen LogP contribution >= 0.6 is 11.6 Å². The molecule has 0 spiro atoms. The van der Waals surface area contributed by atoms with Crippen molar-refractivity contribution in [3.8, 4) is 5.75 Å². The van der Waals surface area contributed by atoms with Crippen LogP contribution in [0, 0.1) is 0 Å². The van der Waals surface area contributed by atoms with E-state index in [1.54, 1.807) is 13.4 Å². The molecule has 0 aliphatic rings. The van der Waals surface area contributed by atoms with Crippen LogP contribution in [0.2, 0.25) is 0 Å². The van der Waals surface area contributed by atoms with Gasteiger partial charge in [0.25, 0.3) is 0 Å². The molecule has 2 heterocycles. The second-order valence-corrected chi connectivity index (χ2v) is 4.84. The molecule has 0 aliphatic carbocycles. The number of nitrogens with zero attached hydrogens (tertiary/aromatic N) is 2. The molecule has 4 nitrogen and oxygen atoms in total. The molecule has 0 N–H and O–H groups in total. The summed E-state index contributed by atoms with van der Waals surface area (Å²) in [5.41, 5.74) is 1.89. The van der Waals surface area contributed by atoms with E-state index in [0.717, 1.165) is 28.4 Å². The third kappa shape index (κ3) is 2.06. The van der Waals surface area contributed by atoms with E-state index in [9.17, 15) is 0 Å². The second kappa shape index (κ2) is 5.21.